The molecule has 1 saturated heterocycles. The molecule has 1 aliphatic heterocycles. The first-order valence-electron chi connectivity index (χ1n) is 7.66. The lowest BCUT2D eigenvalue weighted by Gasteiger charge is -2.42. The Morgan fingerprint density at radius 3 is 2.30 bits per heavy atom. The van der Waals surface area contributed by atoms with Crippen LogP contribution in [0.4, 0.5) is 0 Å². The van der Waals surface area contributed by atoms with E-state index in [2.05, 4.69) is 43.0 Å². The van der Waals surface area contributed by atoms with Crippen molar-refractivity contribution in [1.29, 1.82) is 0 Å². The lowest BCUT2D eigenvalue weighted by atomic mass is 10.0. The topological polar surface area (TPSA) is 23.6 Å². The summed E-state index contributed by atoms with van der Waals surface area (Å²) in [4.78, 5) is 15.8. The zero-order valence-corrected chi connectivity index (χ0v) is 13.5. The highest BCUT2D eigenvalue weighted by molar-refractivity contribution is 5.73. The van der Waals surface area contributed by atoms with Crippen LogP contribution in [-0.4, -0.2) is 41.4 Å². The molecule has 0 saturated carbocycles. The lowest BCUT2D eigenvalue weighted by molar-refractivity contribution is -0.132. The largest absolute Gasteiger partial charge is 0.340 e. The van der Waals surface area contributed by atoms with Crippen molar-refractivity contribution < 1.29 is 4.79 Å². The second-order valence-corrected chi connectivity index (χ2v) is 5.14. The fraction of sp³-hybridized carbons (Fsp3) is 0.588. The van der Waals surface area contributed by atoms with Gasteiger partial charge in [0, 0.05) is 38.6 Å². The third kappa shape index (κ3) is 4.07. The van der Waals surface area contributed by atoms with Gasteiger partial charge in [-0.3, -0.25) is 9.69 Å². The number of amides is 1. The average Bonchev–Trinajstić information content (AvgIpc) is 2.49. The van der Waals surface area contributed by atoms with Gasteiger partial charge < -0.3 is 4.90 Å². The molecule has 112 valence electrons. The highest BCUT2D eigenvalue weighted by atomic mass is 16.2. The van der Waals surface area contributed by atoms with Gasteiger partial charge in [0.1, 0.15) is 0 Å². The molecule has 0 aliphatic carbocycles. The monoisotopic (exact) mass is 276 g/mol. The van der Waals surface area contributed by atoms with E-state index in [9.17, 15) is 4.79 Å². The van der Waals surface area contributed by atoms with E-state index >= 15 is 0 Å². The predicted molar refractivity (Wildman–Crippen MR) is 84.6 cm³/mol. The number of piperazine rings is 1. The fourth-order valence-corrected chi connectivity index (χ4v) is 2.76. The molecule has 0 radical (unpaired) electrons. The molecule has 1 heterocycles. The summed E-state index contributed by atoms with van der Waals surface area (Å²) in [6.45, 7) is 12.7. The molecule has 2 rings (SSSR count). The second kappa shape index (κ2) is 8.05. The third-order valence-corrected chi connectivity index (χ3v) is 3.90. The number of carbonyl (C=O) groups excluding carboxylic acids is 1. The van der Waals surface area contributed by atoms with Crippen molar-refractivity contribution >= 4 is 5.91 Å². The zero-order chi connectivity index (χ0) is 15.1. The summed E-state index contributed by atoms with van der Waals surface area (Å²) in [7, 11) is 0. The van der Waals surface area contributed by atoms with E-state index in [4.69, 9.17) is 0 Å². The Balaban J connectivity index is 0.000000956. The summed E-state index contributed by atoms with van der Waals surface area (Å²) in [5.41, 5.74) is 1.35. The van der Waals surface area contributed by atoms with Crippen LogP contribution in [0.3, 0.4) is 0 Å². The van der Waals surface area contributed by atoms with E-state index in [-0.39, 0.29) is 5.91 Å². The lowest BCUT2D eigenvalue weighted by Crippen LogP contribution is -2.53. The molecule has 1 aromatic carbocycles. The van der Waals surface area contributed by atoms with Gasteiger partial charge in [-0.1, -0.05) is 44.2 Å². The first-order chi connectivity index (χ1) is 9.59. The Bertz CT molecular complexity index is 405. The van der Waals surface area contributed by atoms with Crippen molar-refractivity contribution in [2.75, 3.05) is 19.6 Å². The van der Waals surface area contributed by atoms with Gasteiger partial charge in [-0.25, -0.2) is 0 Å². The number of rotatable bonds is 2. The summed E-state index contributed by atoms with van der Waals surface area (Å²) < 4.78 is 0. The predicted octanol–water partition coefficient (Wildman–Crippen LogP) is 3.33. The Hall–Kier alpha value is -1.35. The minimum absolute atomic E-state index is 0.189. The molecule has 1 fully saturated rings. The van der Waals surface area contributed by atoms with Crippen molar-refractivity contribution in [2.45, 2.75) is 46.7 Å². The molecule has 1 amide bonds. The Kier molecular flexibility index (Phi) is 6.73. The molecule has 0 bridgehead atoms. The van der Waals surface area contributed by atoms with Crippen LogP contribution in [0.2, 0.25) is 0 Å². The van der Waals surface area contributed by atoms with Gasteiger partial charge in [0.2, 0.25) is 5.91 Å². The van der Waals surface area contributed by atoms with Gasteiger partial charge in [-0.15, -0.1) is 0 Å². The highest BCUT2D eigenvalue weighted by Crippen LogP contribution is 2.24. The van der Waals surface area contributed by atoms with Crippen LogP contribution < -0.4 is 0 Å². The van der Waals surface area contributed by atoms with Crippen molar-refractivity contribution in [3.8, 4) is 0 Å². The van der Waals surface area contributed by atoms with Gasteiger partial charge in [-0.2, -0.15) is 0 Å². The molecule has 20 heavy (non-hydrogen) atoms. The van der Waals surface area contributed by atoms with E-state index in [1.54, 1.807) is 6.92 Å². The smallest absolute Gasteiger partial charge is 0.219 e. The van der Waals surface area contributed by atoms with Crippen LogP contribution in [0.5, 0.6) is 0 Å². The maximum atomic E-state index is 11.4. The van der Waals surface area contributed by atoms with Crippen LogP contribution in [0.1, 0.15) is 46.2 Å². The zero-order valence-electron chi connectivity index (χ0n) is 13.5. The van der Waals surface area contributed by atoms with Crippen molar-refractivity contribution in [3.05, 3.63) is 35.9 Å². The molecule has 0 spiro atoms. The summed E-state index contributed by atoms with van der Waals surface area (Å²) in [5.74, 6) is 0.189. The van der Waals surface area contributed by atoms with Crippen molar-refractivity contribution in [3.63, 3.8) is 0 Å². The normalized spacial score (nSPS) is 20.9. The maximum Gasteiger partial charge on any atom is 0.219 e. The summed E-state index contributed by atoms with van der Waals surface area (Å²) >= 11 is 0. The maximum absolute atomic E-state index is 11.4. The molecule has 0 unspecified atom stereocenters. The van der Waals surface area contributed by atoms with E-state index in [1.807, 2.05) is 24.8 Å². The SMILES string of the molecule is CC.CC(=O)N1CCN([C@@H](C)c2ccccc2)[C@@H](C)C1. The molecule has 3 nitrogen and oxygen atoms in total. The van der Waals surface area contributed by atoms with Crippen LogP contribution in [0.15, 0.2) is 30.3 Å². The summed E-state index contributed by atoms with van der Waals surface area (Å²) in [6, 6.07) is 11.4. The first-order valence-corrected chi connectivity index (χ1v) is 7.66. The van der Waals surface area contributed by atoms with E-state index in [1.165, 1.54) is 5.56 Å². The third-order valence-electron chi connectivity index (χ3n) is 3.90. The number of hydrogen-bond donors (Lipinski definition) is 0. The van der Waals surface area contributed by atoms with E-state index in [0.29, 0.717) is 12.1 Å². The van der Waals surface area contributed by atoms with Gasteiger partial charge in [0.05, 0.1) is 0 Å². The number of nitrogens with zero attached hydrogens (tertiary/aromatic N) is 2. The van der Waals surface area contributed by atoms with Gasteiger partial charge in [-0.05, 0) is 19.4 Å². The molecule has 2 atom stereocenters. The highest BCUT2D eigenvalue weighted by Gasteiger charge is 2.28. The van der Waals surface area contributed by atoms with Crippen LogP contribution >= 0.6 is 0 Å². The Morgan fingerprint density at radius 2 is 1.80 bits per heavy atom. The molecule has 1 aromatic rings. The average molecular weight is 276 g/mol. The van der Waals surface area contributed by atoms with Crippen molar-refractivity contribution in [1.82, 2.24) is 9.80 Å². The molecule has 1 aliphatic rings. The van der Waals surface area contributed by atoms with E-state index < -0.39 is 0 Å². The number of hydrogen-bond acceptors (Lipinski definition) is 2. The van der Waals surface area contributed by atoms with Gasteiger partial charge >= 0.3 is 0 Å². The second-order valence-electron chi connectivity index (χ2n) is 5.14. The number of benzene rings is 1. The fourth-order valence-electron chi connectivity index (χ4n) is 2.76. The molecule has 0 N–H and O–H groups in total. The standard InChI is InChI=1S/C15H22N2O.C2H6/c1-12-11-16(14(3)18)9-10-17(12)13(2)15-7-5-4-6-8-15;1-2/h4-8,12-13H,9-11H2,1-3H3;1-2H3/t12-,13-;/m0./s1. The van der Waals surface area contributed by atoms with Gasteiger partial charge in [0.25, 0.3) is 0 Å². The molecule has 0 aromatic heterocycles. The van der Waals surface area contributed by atoms with Crippen molar-refractivity contribution in [2.24, 2.45) is 0 Å². The quantitative estimate of drug-likeness (QED) is 0.827. The Labute approximate surface area is 123 Å². The molecular formula is C17H28N2O. The first kappa shape index (κ1) is 16.7. The minimum Gasteiger partial charge on any atom is -0.340 e. The summed E-state index contributed by atoms with van der Waals surface area (Å²) in [5, 5.41) is 0. The number of carbonyl (C=O) groups is 1. The molecular weight excluding hydrogens is 248 g/mol. The van der Waals surface area contributed by atoms with E-state index in [0.717, 1.165) is 19.6 Å². The van der Waals surface area contributed by atoms with Crippen LogP contribution in [-0.2, 0) is 4.79 Å². The Morgan fingerprint density at radius 1 is 1.20 bits per heavy atom. The van der Waals surface area contributed by atoms with Gasteiger partial charge in [0.15, 0.2) is 0 Å². The van der Waals surface area contributed by atoms with Crippen LogP contribution in [0, 0.1) is 0 Å². The van der Waals surface area contributed by atoms with Crippen LogP contribution in [0.25, 0.3) is 0 Å². The molecule has 3 heteroatoms. The summed E-state index contributed by atoms with van der Waals surface area (Å²) in [6.07, 6.45) is 0. The minimum atomic E-state index is 0.189.